The fourth-order valence-corrected chi connectivity index (χ4v) is 1.02. The number of carboxylic acid groups (broad SMARTS) is 1. The molecule has 0 amide bonds. The van der Waals surface area contributed by atoms with Crippen LogP contribution in [0.4, 0.5) is 0 Å². The first-order chi connectivity index (χ1) is 8.00. The van der Waals surface area contributed by atoms with Crippen molar-refractivity contribution in [2.24, 2.45) is 0 Å². The van der Waals surface area contributed by atoms with Gasteiger partial charge in [0.25, 0.3) is 5.95 Å². The molecule has 1 aromatic carbocycles. The number of hydrogen-bond acceptors (Lipinski definition) is 5. The number of carbonyl (C=O) groups is 2. The number of rotatable bonds is 4. The fraction of sp³-hybridized carbons (Fsp3) is 0.0909. The summed E-state index contributed by atoms with van der Waals surface area (Å²) in [6.45, 7) is -0.276. The summed E-state index contributed by atoms with van der Waals surface area (Å²) >= 11 is 0. The molecule has 0 spiro atoms. The molecule has 1 aromatic rings. The van der Waals surface area contributed by atoms with E-state index in [0.29, 0.717) is 0 Å². The zero-order valence-electron chi connectivity index (χ0n) is 8.66. The molecule has 0 aliphatic heterocycles. The summed E-state index contributed by atoms with van der Waals surface area (Å²) in [5.41, 5.74) is 0.246. The fourth-order valence-electron chi connectivity index (χ4n) is 1.02. The third kappa shape index (κ3) is 3.86. The quantitative estimate of drug-likeness (QED) is 0.542. The van der Waals surface area contributed by atoms with Crippen LogP contribution in [0.5, 0.6) is 0 Å². The minimum atomic E-state index is -1.09. The van der Waals surface area contributed by atoms with E-state index in [1.807, 2.05) is 0 Å². The lowest BCUT2D eigenvalue weighted by molar-refractivity contribution is 0.0540. The second-order valence-corrected chi connectivity index (χ2v) is 3.04. The van der Waals surface area contributed by atoms with Crippen molar-refractivity contribution in [1.29, 1.82) is 0 Å². The van der Waals surface area contributed by atoms with E-state index in [-0.39, 0.29) is 17.7 Å². The Balaban J connectivity index is 2.64. The van der Waals surface area contributed by atoms with Crippen LogP contribution in [0.15, 0.2) is 36.3 Å². The summed E-state index contributed by atoms with van der Waals surface area (Å²) in [7, 11) is 0. The molecular weight excluding hydrogens is 228 g/mol. The maximum Gasteiger partial charge on any atom is 0.338 e. The van der Waals surface area contributed by atoms with E-state index >= 15 is 0 Å². The Morgan fingerprint density at radius 2 is 1.59 bits per heavy atom. The summed E-state index contributed by atoms with van der Waals surface area (Å²) < 4.78 is 4.66. The van der Waals surface area contributed by atoms with E-state index in [9.17, 15) is 9.59 Å². The van der Waals surface area contributed by atoms with Crippen LogP contribution in [-0.4, -0.2) is 33.9 Å². The van der Waals surface area contributed by atoms with Crippen LogP contribution in [-0.2, 0) is 4.74 Å². The van der Waals surface area contributed by atoms with Crippen molar-refractivity contribution < 1.29 is 29.6 Å². The third-order valence-corrected chi connectivity index (χ3v) is 1.85. The van der Waals surface area contributed by atoms with Crippen LogP contribution >= 0.6 is 0 Å². The topological polar surface area (TPSA) is 104 Å². The van der Waals surface area contributed by atoms with Gasteiger partial charge in [-0.2, -0.15) is 0 Å². The lowest BCUT2D eigenvalue weighted by Gasteiger charge is -2.02. The number of ether oxygens (including phenoxy) is 1. The predicted octanol–water partition coefficient (Wildman–Crippen LogP) is 1.50. The Morgan fingerprint density at radius 3 is 2.06 bits per heavy atom. The van der Waals surface area contributed by atoms with Crippen LogP contribution in [0.2, 0.25) is 0 Å². The zero-order valence-corrected chi connectivity index (χ0v) is 8.66. The molecule has 0 unspecified atom stereocenters. The number of benzene rings is 1. The van der Waals surface area contributed by atoms with Crippen molar-refractivity contribution in [1.82, 2.24) is 0 Å². The number of carbonyl (C=O) groups excluding carboxylic acids is 1. The van der Waals surface area contributed by atoms with Crippen molar-refractivity contribution in [3.63, 3.8) is 0 Å². The Labute approximate surface area is 96.4 Å². The van der Waals surface area contributed by atoms with Gasteiger partial charge in [0, 0.05) is 6.08 Å². The van der Waals surface area contributed by atoms with Crippen molar-refractivity contribution in [3.05, 3.63) is 47.4 Å². The van der Waals surface area contributed by atoms with E-state index < -0.39 is 17.9 Å². The average molecular weight is 238 g/mol. The van der Waals surface area contributed by atoms with Gasteiger partial charge in [0.2, 0.25) is 0 Å². The van der Waals surface area contributed by atoms with Gasteiger partial charge >= 0.3 is 11.9 Å². The van der Waals surface area contributed by atoms with Gasteiger partial charge in [0.15, 0.2) is 0 Å². The van der Waals surface area contributed by atoms with Crippen molar-refractivity contribution in [2.75, 3.05) is 6.61 Å². The standard InChI is InChI=1S/C11H10O6/c12-9(13)5-6-17-11(16)8-3-1-7(2-4-8)10(14)15/h1-5,12-13H,6H2,(H,14,15). The van der Waals surface area contributed by atoms with Crippen molar-refractivity contribution >= 4 is 11.9 Å². The van der Waals surface area contributed by atoms with E-state index in [2.05, 4.69) is 4.74 Å². The summed E-state index contributed by atoms with van der Waals surface area (Å²) in [6, 6.07) is 5.18. The Bertz CT molecular complexity index is 442. The Morgan fingerprint density at radius 1 is 1.06 bits per heavy atom. The van der Waals surface area contributed by atoms with Gasteiger partial charge in [-0.1, -0.05) is 0 Å². The number of carboxylic acids is 1. The molecule has 0 bridgehead atoms. The van der Waals surface area contributed by atoms with Gasteiger partial charge in [-0.05, 0) is 24.3 Å². The van der Waals surface area contributed by atoms with Gasteiger partial charge in [0.1, 0.15) is 6.61 Å². The second kappa shape index (κ2) is 5.55. The normalized spacial score (nSPS) is 9.41. The second-order valence-electron chi connectivity index (χ2n) is 3.04. The Hall–Kier alpha value is -2.50. The minimum Gasteiger partial charge on any atom is -0.481 e. The Kier molecular flexibility index (Phi) is 4.10. The molecule has 0 saturated heterocycles. The van der Waals surface area contributed by atoms with Gasteiger partial charge in [-0.3, -0.25) is 0 Å². The monoisotopic (exact) mass is 238 g/mol. The van der Waals surface area contributed by atoms with Crippen molar-refractivity contribution in [2.45, 2.75) is 0 Å². The molecular formula is C11H10O6. The van der Waals surface area contributed by atoms with Gasteiger partial charge in [0.05, 0.1) is 11.1 Å². The lowest BCUT2D eigenvalue weighted by atomic mass is 10.1. The molecule has 17 heavy (non-hydrogen) atoms. The highest BCUT2D eigenvalue weighted by atomic mass is 16.5. The predicted molar refractivity (Wildman–Crippen MR) is 57.0 cm³/mol. The largest absolute Gasteiger partial charge is 0.481 e. The molecule has 0 aromatic heterocycles. The SMILES string of the molecule is O=C(O)c1ccc(C(=O)OCC=C(O)O)cc1. The van der Waals surface area contributed by atoms with Crippen LogP contribution < -0.4 is 0 Å². The molecule has 0 heterocycles. The number of hydrogen-bond donors (Lipinski definition) is 3. The van der Waals surface area contributed by atoms with Gasteiger partial charge in [-0.15, -0.1) is 0 Å². The molecule has 0 aliphatic rings. The lowest BCUT2D eigenvalue weighted by Crippen LogP contribution is -2.06. The highest BCUT2D eigenvalue weighted by Crippen LogP contribution is 2.06. The average Bonchev–Trinajstić information content (AvgIpc) is 2.28. The van der Waals surface area contributed by atoms with E-state index in [1.165, 1.54) is 24.3 Å². The maximum atomic E-state index is 11.3. The van der Waals surface area contributed by atoms with Gasteiger partial charge in [-0.25, -0.2) is 9.59 Å². The molecule has 1 rings (SSSR count). The third-order valence-electron chi connectivity index (χ3n) is 1.85. The molecule has 6 heteroatoms. The van der Waals surface area contributed by atoms with Crippen molar-refractivity contribution in [3.8, 4) is 0 Å². The molecule has 3 N–H and O–H groups in total. The zero-order chi connectivity index (χ0) is 12.8. The molecule has 0 saturated carbocycles. The number of aliphatic hydroxyl groups is 2. The summed E-state index contributed by atoms with van der Waals surface area (Å²) in [6.07, 6.45) is 0.906. The van der Waals surface area contributed by atoms with Gasteiger partial charge < -0.3 is 20.1 Å². The summed E-state index contributed by atoms with van der Waals surface area (Å²) in [5, 5.41) is 25.4. The van der Waals surface area contributed by atoms with E-state index in [1.54, 1.807) is 0 Å². The van der Waals surface area contributed by atoms with Crippen LogP contribution in [0, 0.1) is 0 Å². The number of esters is 1. The maximum absolute atomic E-state index is 11.3. The molecule has 90 valence electrons. The van der Waals surface area contributed by atoms with E-state index in [0.717, 1.165) is 6.08 Å². The van der Waals surface area contributed by atoms with Crippen LogP contribution in [0.1, 0.15) is 20.7 Å². The van der Waals surface area contributed by atoms with Crippen LogP contribution in [0.25, 0.3) is 0 Å². The molecule has 0 atom stereocenters. The first-order valence-electron chi connectivity index (χ1n) is 4.59. The van der Waals surface area contributed by atoms with Crippen LogP contribution in [0.3, 0.4) is 0 Å². The smallest absolute Gasteiger partial charge is 0.338 e. The highest BCUT2D eigenvalue weighted by Gasteiger charge is 2.08. The molecule has 0 radical (unpaired) electrons. The number of aromatic carboxylic acids is 1. The first kappa shape index (κ1) is 12.6. The molecule has 6 nitrogen and oxygen atoms in total. The molecule has 0 fully saturated rings. The van der Waals surface area contributed by atoms with E-state index in [4.69, 9.17) is 15.3 Å². The molecule has 0 aliphatic carbocycles. The summed E-state index contributed by atoms with van der Waals surface area (Å²) in [4.78, 5) is 21.9. The summed E-state index contributed by atoms with van der Waals surface area (Å²) in [5.74, 6) is -2.70. The minimum absolute atomic E-state index is 0.0643. The first-order valence-corrected chi connectivity index (χ1v) is 4.59. The highest BCUT2D eigenvalue weighted by molar-refractivity contribution is 5.92. The number of aliphatic hydroxyl groups excluding tert-OH is 1.